The molecule has 0 aliphatic heterocycles. The lowest BCUT2D eigenvalue weighted by molar-refractivity contribution is -0.619. The number of nitrogens with zero attached hydrogens (tertiary/aromatic N) is 3. The van der Waals surface area contributed by atoms with E-state index in [9.17, 15) is 4.39 Å². The Labute approximate surface area is 100 Å². The van der Waals surface area contributed by atoms with Crippen LogP contribution >= 0.6 is 22.6 Å². The maximum Gasteiger partial charge on any atom is 0.182 e. The van der Waals surface area contributed by atoms with E-state index in [2.05, 4.69) is 10.4 Å². The molecule has 76 valence electrons. The highest BCUT2D eigenvalue weighted by atomic mass is 127. The van der Waals surface area contributed by atoms with Crippen LogP contribution in [0.2, 0.25) is 0 Å². The Morgan fingerprint density at radius 2 is 2.00 bits per heavy atom. The Morgan fingerprint density at radius 1 is 1.27 bits per heavy atom. The molecule has 0 spiro atoms. The van der Waals surface area contributed by atoms with Gasteiger partial charge in [0.1, 0.15) is 5.82 Å². The Bertz CT molecular complexity index is 461. The first-order valence-electron chi connectivity index (χ1n) is 4.25. The molecular formula is C10H7FIN3. The van der Waals surface area contributed by atoms with Crippen molar-refractivity contribution in [2.45, 2.75) is 0 Å². The second-order valence-corrected chi connectivity index (χ2v) is 4.06. The maximum atomic E-state index is 13.4. The van der Waals surface area contributed by atoms with Gasteiger partial charge in [-0.15, -0.1) is 0 Å². The third-order valence-electron chi connectivity index (χ3n) is 1.70. The van der Waals surface area contributed by atoms with Crippen LogP contribution < -0.4 is 4.68 Å². The minimum absolute atomic E-state index is 0.0895. The van der Waals surface area contributed by atoms with E-state index in [1.807, 2.05) is 40.8 Å². The SMILES string of the molecule is Fc1cc(I)cnc1[N-][n+]1ccccc1. The van der Waals surface area contributed by atoms with Crippen molar-refractivity contribution in [3.63, 3.8) is 0 Å². The minimum Gasteiger partial charge on any atom is -0.435 e. The van der Waals surface area contributed by atoms with E-state index in [0.29, 0.717) is 0 Å². The van der Waals surface area contributed by atoms with E-state index in [4.69, 9.17) is 0 Å². The molecule has 15 heavy (non-hydrogen) atoms. The van der Waals surface area contributed by atoms with Gasteiger partial charge in [-0.3, -0.25) is 0 Å². The van der Waals surface area contributed by atoms with Crippen molar-refractivity contribution in [2.75, 3.05) is 0 Å². The molecule has 3 nitrogen and oxygen atoms in total. The molecular weight excluding hydrogens is 308 g/mol. The van der Waals surface area contributed by atoms with Crippen molar-refractivity contribution in [1.29, 1.82) is 0 Å². The van der Waals surface area contributed by atoms with Gasteiger partial charge >= 0.3 is 0 Å². The number of aromatic nitrogens is 2. The lowest BCUT2D eigenvalue weighted by atomic mass is 10.4. The van der Waals surface area contributed by atoms with Crippen molar-refractivity contribution >= 4 is 28.4 Å². The summed E-state index contributed by atoms with van der Waals surface area (Å²) in [6.45, 7) is 0. The van der Waals surface area contributed by atoms with E-state index < -0.39 is 5.82 Å². The largest absolute Gasteiger partial charge is 0.435 e. The van der Waals surface area contributed by atoms with Gasteiger partial charge in [0.05, 0.1) is 0 Å². The number of halogens is 2. The van der Waals surface area contributed by atoms with E-state index in [-0.39, 0.29) is 5.82 Å². The summed E-state index contributed by atoms with van der Waals surface area (Å²) in [5.41, 5.74) is 4.01. The molecule has 0 fully saturated rings. The van der Waals surface area contributed by atoms with Gasteiger partial charge in [-0.25, -0.2) is 4.39 Å². The molecule has 2 rings (SSSR count). The molecule has 2 aromatic rings. The molecule has 2 aromatic heterocycles. The predicted molar refractivity (Wildman–Crippen MR) is 62.0 cm³/mol. The summed E-state index contributed by atoms with van der Waals surface area (Å²) >= 11 is 2.00. The fourth-order valence-corrected chi connectivity index (χ4v) is 1.46. The third kappa shape index (κ3) is 2.62. The van der Waals surface area contributed by atoms with Crippen molar-refractivity contribution < 1.29 is 9.07 Å². The van der Waals surface area contributed by atoms with Crippen LogP contribution in [0.4, 0.5) is 10.2 Å². The topological polar surface area (TPSA) is 30.9 Å². The normalized spacial score (nSPS) is 10.0. The Balaban J connectivity index is 2.25. The predicted octanol–water partition coefficient (Wildman–Crippen LogP) is 2.58. The van der Waals surface area contributed by atoms with Gasteiger partial charge in [0.2, 0.25) is 0 Å². The molecule has 0 amide bonds. The van der Waals surface area contributed by atoms with Crippen molar-refractivity contribution in [2.24, 2.45) is 0 Å². The van der Waals surface area contributed by atoms with Crippen LogP contribution in [-0.2, 0) is 0 Å². The molecule has 0 saturated heterocycles. The highest BCUT2D eigenvalue weighted by molar-refractivity contribution is 14.1. The lowest BCUT2D eigenvalue weighted by Crippen LogP contribution is -2.26. The lowest BCUT2D eigenvalue weighted by Gasteiger charge is -2.09. The van der Waals surface area contributed by atoms with Crippen LogP contribution in [0.15, 0.2) is 42.9 Å². The Hall–Kier alpha value is -1.24. The molecule has 0 saturated carbocycles. The second kappa shape index (κ2) is 4.52. The third-order valence-corrected chi connectivity index (χ3v) is 2.29. The summed E-state index contributed by atoms with van der Waals surface area (Å²) < 4.78 is 15.6. The molecule has 0 aromatic carbocycles. The number of hydrogen-bond acceptors (Lipinski definition) is 1. The summed E-state index contributed by atoms with van der Waals surface area (Å²) in [6, 6.07) is 6.89. The molecule has 0 unspecified atom stereocenters. The molecule has 0 radical (unpaired) electrons. The average molecular weight is 315 g/mol. The van der Waals surface area contributed by atoms with Crippen molar-refractivity contribution in [3.05, 3.63) is 57.7 Å². The van der Waals surface area contributed by atoms with Gasteiger partial charge in [0.25, 0.3) is 0 Å². The van der Waals surface area contributed by atoms with E-state index in [0.717, 1.165) is 3.57 Å². The van der Waals surface area contributed by atoms with Gasteiger partial charge in [-0.05, 0) is 28.7 Å². The Kier molecular flexibility index (Phi) is 3.10. The van der Waals surface area contributed by atoms with Gasteiger partial charge < -0.3 is 4.98 Å². The zero-order valence-electron chi connectivity index (χ0n) is 7.64. The first kappa shape index (κ1) is 10.3. The van der Waals surface area contributed by atoms with Crippen LogP contribution in [-0.4, -0.2) is 4.98 Å². The first-order chi connectivity index (χ1) is 7.25. The van der Waals surface area contributed by atoms with E-state index in [1.165, 1.54) is 10.7 Å². The molecule has 0 atom stereocenters. The van der Waals surface area contributed by atoms with E-state index >= 15 is 0 Å². The molecule has 0 N–H and O–H groups in total. The van der Waals surface area contributed by atoms with Crippen LogP contribution in [0.3, 0.4) is 0 Å². The fourth-order valence-electron chi connectivity index (χ4n) is 1.05. The maximum absolute atomic E-state index is 13.4. The van der Waals surface area contributed by atoms with Gasteiger partial charge in [0.15, 0.2) is 12.4 Å². The summed E-state index contributed by atoms with van der Waals surface area (Å²) in [4.78, 5) is 3.90. The summed E-state index contributed by atoms with van der Waals surface area (Å²) in [5, 5.41) is 0. The second-order valence-electron chi connectivity index (χ2n) is 2.81. The zero-order chi connectivity index (χ0) is 10.7. The molecule has 0 bridgehead atoms. The number of rotatable bonds is 2. The quantitative estimate of drug-likeness (QED) is 0.619. The van der Waals surface area contributed by atoms with Crippen molar-refractivity contribution in [1.82, 2.24) is 4.98 Å². The standard InChI is InChI=1S/C10H7FIN3/c11-9-6-8(12)7-13-10(9)14-15-4-2-1-3-5-15/h1-7H. The fraction of sp³-hybridized carbons (Fsp3) is 0. The van der Waals surface area contributed by atoms with Gasteiger partial charge in [0, 0.05) is 21.5 Å². The average Bonchev–Trinajstić information content (AvgIpc) is 2.24. The van der Waals surface area contributed by atoms with Gasteiger partial charge in [-0.1, -0.05) is 12.3 Å². The monoisotopic (exact) mass is 315 g/mol. The van der Waals surface area contributed by atoms with Crippen molar-refractivity contribution in [3.8, 4) is 0 Å². The van der Waals surface area contributed by atoms with Crippen LogP contribution in [0.1, 0.15) is 0 Å². The smallest absolute Gasteiger partial charge is 0.182 e. The zero-order valence-corrected chi connectivity index (χ0v) is 9.80. The van der Waals surface area contributed by atoms with Crippen LogP contribution in [0.5, 0.6) is 0 Å². The molecule has 0 aliphatic rings. The molecule has 5 heteroatoms. The number of hydrogen-bond donors (Lipinski definition) is 0. The summed E-state index contributed by atoms with van der Waals surface area (Å²) in [6.07, 6.45) is 5.02. The highest BCUT2D eigenvalue weighted by Gasteiger charge is 1.99. The highest BCUT2D eigenvalue weighted by Crippen LogP contribution is 2.18. The van der Waals surface area contributed by atoms with Crippen LogP contribution in [0.25, 0.3) is 5.43 Å². The summed E-state index contributed by atoms with van der Waals surface area (Å²) in [5.74, 6) is -0.329. The van der Waals surface area contributed by atoms with E-state index in [1.54, 1.807) is 18.6 Å². The first-order valence-corrected chi connectivity index (χ1v) is 5.33. The van der Waals surface area contributed by atoms with Gasteiger partial charge in [-0.2, -0.15) is 10.1 Å². The summed E-state index contributed by atoms with van der Waals surface area (Å²) in [7, 11) is 0. The molecule has 2 heterocycles. The minimum atomic E-state index is -0.418. The Morgan fingerprint density at radius 3 is 2.67 bits per heavy atom. The molecule has 0 aliphatic carbocycles. The van der Waals surface area contributed by atoms with Crippen LogP contribution in [0, 0.1) is 9.39 Å². The number of pyridine rings is 2.